The molecule has 2 aromatic carbocycles. The van der Waals surface area contributed by atoms with E-state index in [2.05, 4.69) is 5.32 Å². The lowest BCUT2D eigenvalue weighted by Crippen LogP contribution is -2.30. The number of anilines is 1. The second-order valence-electron chi connectivity index (χ2n) is 6.47. The van der Waals surface area contributed by atoms with Crippen LogP contribution in [0.5, 0.6) is 0 Å². The van der Waals surface area contributed by atoms with Gasteiger partial charge in [-0.1, -0.05) is 29.8 Å². The molecule has 0 aliphatic carbocycles. The fourth-order valence-electron chi connectivity index (χ4n) is 2.96. The Labute approximate surface area is 146 Å². The number of likely N-dealkylation sites (tertiary alicyclic amines) is 1. The number of hydrogen-bond acceptors (Lipinski definition) is 2. The molecule has 130 valence electrons. The van der Waals surface area contributed by atoms with E-state index in [0.29, 0.717) is 19.5 Å². The fraction of sp³-hybridized carbons (Fsp3) is 0.300. The molecule has 0 spiro atoms. The molecule has 1 saturated heterocycles. The van der Waals surface area contributed by atoms with Crippen molar-refractivity contribution in [2.45, 2.75) is 19.8 Å². The Balaban J connectivity index is 1.53. The zero-order valence-corrected chi connectivity index (χ0v) is 14.2. The molecule has 1 aliphatic rings. The summed E-state index contributed by atoms with van der Waals surface area (Å²) in [6.45, 7) is 2.96. The van der Waals surface area contributed by atoms with Crippen molar-refractivity contribution in [1.29, 1.82) is 0 Å². The Morgan fingerprint density at radius 2 is 1.84 bits per heavy atom. The zero-order chi connectivity index (χ0) is 17.8. The topological polar surface area (TPSA) is 49.4 Å². The molecular formula is C20H21FN2O2. The van der Waals surface area contributed by atoms with E-state index in [1.54, 1.807) is 17.0 Å². The first-order valence-electron chi connectivity index (χ1n) is 8.41. The van der Waals surface area contributed by atoms with Crippen molar-refractivity contribution in [3.8, 4) is 0 Å². The molecule has 1 aliphatic heterocycles. The molecule has 2 aromatic rings. The minimum Gasteiger partial charge on any atom is -0.342 e. The van der Waals surface area contributed by atoms with Crippen molar-refractivity contribution in [3.63, 3.8) is 0 Å². The fourth-order valence-corrected chi connectivity index (χ4v) is 2.96. The SMILES string of the molecule is Cc1ccc(NC(=O)[C@@H]2CC(=O)N(CCc3ccc(F)cc3)C2)cc1. The van der Waals surface area contributed by atoms with Gasteiger partial charge in [0.2, 0.25) is 11.8 Å². The highest BCUT2D eigenvalue weighted by molar-refractivity contribution is 5.97. The van der Waals surface area contributed by atoms with E-state index >= 15 is 0 Å². The van der Waals surface area contributed by atoms with Gasteiger partial charge in [0, 0.05) is 25.2 Å². The van der Waals surface area contributed by atoms with Gasteiger partial charge in [-0.3, -0.25) is 9.59 Å². The molecule has 3 rings (SSSR count). The minimum atomic E-state index is -0.331. The standard InChI is InChI=1S/C20H21FN2O2/c1-14-2-8-18(9-3-14)22-20(25)16-12-19(24)23(13-16)11-10-15-4-6-17(21)7-5-15/h2-9,16H,10-13H2,1H3,(H,22,25)/t16-/m1/s1. The van der Waals surface area contributed by atoms with Crippen LogP contribution in [-0.2, 0) is 16.0 Å². The summed E-state index contributed by atoms with van der Waals surface area (Å²) in [6.07, 6.45) is 0.888. The molecule has 5 heteroatoms. The van der Waals surface area contributed by atoms with Gasteiger partial charge in [-0.2, -0.15) is 0 Å². The van der Waals surface area contributed by atoms with E-state index in [1.165, 1.54) is 12.1 Å². The maximum atomic E-state index is 12.9. The van der Waals surface area contributed by atoms with E-state index in [0.717, 1.165) is 16.8 Å². The van der Waals surface area contributed by atoms with Crippen LogP contribution in [0, 0.1) is 18.7 Å². The molecule has 1 heterocycles. The summed E-state index contributed by atoms with van der Waals surface area (Å²) in [7, 11) is 0. The molecule has 0 bridgehead atoms. The number of hydrogen-bond donors (Lipinski definition) is 1. The van der Waals surface area contributed by atoms with Crippen molar-refractivity contribution >= 4 is 17.5 Å². The number of nitrogens with one attached hydrogen (secondary N) is 1. The third-order valence-electron chi connectivity index (χ3n) is 4.49. The number of nitrogens with zero attached hydrogens (tertiary/aromatic N) is 1. The molecule has 4 nitrogen and oxygen atoms in total. The number of benzene rings is 2. The van der Waals surface area contributed by atoms with Crippen LogP contribution in [-0.4, -0.2) is 29.8 Å². The average molecular weight is 340 g/mol. The Morgan fingerprint density at radius 1 is 1.16 bits per heavy atom. The van der Waals surface area contributed by atoms with Gasteiger partial charge in [0.25, 0.3) is 0 Å². The summed E-state index contributed by atoms with van der Waals surface area (Å²) in [5.41, 5.74) is 2.84. The van der Waals surface area contributed by atoms with Gasteiger partial charge in [0.1, 0.15) is 5.82 Å². The number of amides is 2. The van der Waals surface area contributed by atoms with E-state index in [1.807, 2.05) is 31.2 Å². The van der Waals surface area contributed by atoms with Gasteiger partial charge in [-0.05, 0) is 43.2 Å². The molecule has 0 unspecified atom stereocenters. The van der Waals surface area contributed by atoms with Gasteiger partial charge < -0.3 is 10.2 Å². The molecule has 0 radical (unpaired) electrons. The normalized spacial score (nSPS) is 17.0. The monoisotopic (exact) mass is 340 g/mol. The van der Waals surface area contributed by atoms with E-state index in [4.69, 9.17) is 0 Å². The molecular weight excluding hydrogens is 319 g/mol. The maximum Gasteiger partial charge on any atom is 0.229 e. The third kappa shape index (κ3) is 4.44. The number of aryl methyl sites for hydroxylation is 1. The van der Waals surface area contributed by atoms with Gasteiger partial charge in [0.15, 0.2) is 0 Å². The maximum absolute atomic E-state index is 12.9. The van der Waals surface area contributed by atoms with Crippen molar-refractivity contribution in [2.24, 2.45) is 5.92 Å². The molecule has 25 heavy (non-hydrogen) atoms. The smallest absolute Gasteiger partial charge is 0.229 e. The summed E-state index contributed by atoms with van der Waals surface area (Å²) in [5.74, 6) is -0.733. The van der Waals surface area contributed by atoms with Crippen LogP contribution in [0.25, 0.3) is 0 Å². The van der Waals surface area contributed by atoms with Gasteiger partial charge in [-0.25, -0.2) is 4.39 Å². The first-order valence-corrected chi connectivity index (χ1v) is 8.41. The number of carbonyl (C=O) groups excluding carboxylic acids is 2. The van der Waals surface area contributed by atoms with Gasteiger partial charge in [-0.15, -0.1) is 0 Å². The van der Waals surface area contributed by atoms with Crippen LogP contribution in [0.2, 0.25) is 0 Å². The number of halogens is 1. The predicted octanol–water partition coefficient (Wildman–Crippen LogP) is 3.16. The van der Waals surface area contributed by atoms with Crippen LogP contribution in [0.1, 0.15) is 17.5 Å². The molecule has 1 fully saturated rings. The van der Waals surface area contributed by atoms with Crippen molar-refractivity contribution in [3.05, 3.63) is 65.5 Å². The third-order valence-corrected chi connectivity index (χ3v) is 4.49. The molecule has 0 saturated carbocycles. The lowest BCUT2D eigenvalue weighted by Gasteiger charge is -2.16. The minimum absolute atomic E-state index is 0.00818. The first kappa shape index (κ1) is 17.1. The average Bonchev–Trinajstić information content (AvgIpc) is 2.97. The Morgan fingerprint density at radius 3 is 2.52 bits per heavy atom. The van der Waals surface area contributed by atoms with Crippen molar-refractivity contribution < 1.29 is 14.0 Å². The van der Waals surface area contributed by atoms with E-state index < -0.39 is 0 Å². The van der Waals surface area contributed by atoms with Crippen molar-refractivity contribution in [2.75, 3.05) is 18.4 Å². The number of carbonyl (C=O) groups is 2. The molecule has 0 aromatic heterocycles. The summed E-state index contributed by atoms with van der Waals surface area (Å²) >= 11 is 0. The van der Waals surface area contributed by atoms with E-state index in [-0.39, 0.29) is 30.0 Å². The highest BCUT2D eigenvalue weighted by Crippen LogP contribution is 2.20. The second kappa shape index (κ2) is 7.47. The summed E-state index contributed by atoms with van der Waals surface area (Å²) in [5, 5.41) is 2.87. The Hall–Kier alpha value is -2.69. The predicted molar refractivity (Wildman–Crippen MR) is 94.6 cm³/mol. The van der Waals surface area contributed by atoms with Crippen LogP contribution in [0.15, 0.2) is 48.5 Å². The van der Waals surface area contributed by atoms with Gasteiger partial charge >= 0.3 is 0 Å². The Kier molecular flexibility index (Phi) is 5.12. The van der Waals surface area contributed by atoms with Crippen LogP contribution in [0.3, 0.4) is 0 Å². The molecule has 1 N–H and O–H groups in total. The van der Waals surface area contributed by atoms with Gasteiger partial charge in [0.05, 0.1) is 5.92 Å². The highest BCUT2D eigenvalue weighted by Gasteiger charge is 2.33. The zero-order valence-electron chi connectivity index (χ0n) is 14.2. The second-order valence-corrected chi connectivity index (χ2v) is 6.47. The Bertz CT molecular complexity index is 756. The largest absolute Gasteiger partial charge is 0.342 e. The molecule has 2 amide bonds. The summed E-state index contributed by atoms with van der Waals surface area (Å²) in [6, 6.07) is 13.9. The molecule has 1 atom stereocenters. The van der Waals surface area contributed by atoms with Crippen LogP contribution in [0.4, 0.5) is 10.1 Å². The van der Waals surface area contributed by atoms with Crippen LogP contribution >= 0.6 is 0 Å². The summed E-state index contributed by atoms with van der Waals surface area (Å²) in [4.78, 5) is 26.2. The summed E-state index contributed by atoms with van der Waals surface area (Å²) < 4.78 is 12.9. The lowest BCUT2D eigenvalue weighted by molar-refractivity contribution is -0.128. The first-order chi connectivity index (χ1) is 12.0. The van der Waals surface area contributed by atoms with Crippen molar-refractivity contribution in [1.82, 2.24) is 4.90 Å². The quantitative estimate of drug-likeness (QED) is 0.909. The highest BCUT2D eigenvalue weighted by atomic mass is 19.1. The van der Waals surface area contributed by atoms with E-state index in [9.17, 15) is 14.0 Å². The van der Waals surface area contributed by atoms with Crippen LogP contribution < -0.4 is 5.32 Å². The lowest BCUT2D eigenvalue weighted by atomic mass is 10.1. The number of rotatable bonds is 5.